The number of imidazole rings is 1. The Hall–Kier alpha value is -2.08. The van der Waals surface area contributed by atoms with E-state index in [0.29, 0.717) is 22.6 Å². The molecule has 0 amide bonds. The molecule has 0 fully saturated rings. The summed E-state index contributed by atoms with van der Waals surface area (Å²) in [5.41, 5.74) is 1.52. The summed E-state index contributed by atoms with van der Waals surface area (Å²) >= 11 is 4.91. The van der Waals surface area contributed by atoms with Crippen LogP contribution in [-0.4, -0.2) is 28.2 Å². The largest absolute Gasteiger partial charge is 0.496 e. The topological polar surface area (TPSA) is 78.1 Å². The summed E-state index contributed by atoms with van der Waals surface area (Å²) in [5.74, 6) is -0.318. The normalized spacial score (nSPS) is 10.3. The number of H-pyrrole nitrogens is 2. The van der Waals surface area contributed by atoms with Gasteiger partial charge in [-0.05, 0) is 18.3 Å². The lowest BCUT2D eigenvalue weighted by Gasteiger charge is -2.07. The fraction of sp³-hybridized carbons (Fsp3) is 0.167. The van der Waals surface area contributed by atoms with E-state index < -0.39 is 5.97 Å². The number of methoxy groups -OCH3 is 1. The molecule has 1 heterocycles. The van der Waals surface area contributed by atoms with E-state index in [0.717, 1.165) is 5.56 Å². The third-order valence-electron chi connectivity index (χ3n) is 2.58. The average Bonchev–Trinajstić information content (AvgIpc) is 2.71. The Morgan fingerprint density at radius 3 is 2.78 bits per heavy atom. The van der Waals surface area contributed by atoms with Crippen molar-refractivity contribution in [3.63, 3.8) is 0 Å². The zero-order chi connectivity index (χ0) is 13.1. The van der Waals surface area contributed by atoms with Crippen LogP contribution in [-0.2, 0) is 6.42 Å². The first kappa shape index (κ1) is 12.4. The van der Waals surface area contributed by atoms with Crippen LogP contribution < -0.4 is 4.74 Å². The minimum Gasteiger partial charge on any atom is -0.496 e. The molecule has 0 saturated carbocycles. The maximum Gasteiger partial charge on any atom is 0.354 e. The SMILES string of the molecule is COc1ccccc1Cc1[nH]c(=S)[nH]c1C(=O)O. The van der Waals surface area contributed by atoms with Crippen LogP contribution in [0.15, 0.2) is 24.3 Å². The Bertz CT molecular complexity index is 630. The van der Waals surface area contributed by atoms with Gasteiger partial charge in [0.2, 0.25) is 0 Å². The standard InChI is InChI=1S/C12H12N2O3S/c1-17-9-5-3-2-4-7(9)6-8-10(11(15)16)14-12(18)13-8/h2-5H,6H2,1H3,(H,15,16)(H2,13,14,18). The minimum absolute atomic E-state index is 0.0888. The second-order valence-electron chi connectivity index (χ2n) is 3.73. The number of hydrogen-bond donors (Lipinski definition) is 3. The smallest absolute Gasteiger partial charge is 0.354 e. The molecule has 18 heavy (non-hydrogen) atoms. The van der Waals surface area contributed by atoms with Crippen molar-refractivity contribution < 1.29 is 14.6 Å². The number of hydrogen-bond acceptors (Lipinski definition) is 3. The summed E-state index contributed by atoms with van der Waals surface area (Å²) in [7, 11) is 1.58. The summed E-state index contributed by atoms with van der Waals surface area (Å²) in [6.45, 7) is 0. The first-order chi connectivity index (χ1) is 8.61. The van der Waals surface area contributed by atoms with E-state index in [1.165, 1.54) is 0 Å². The van der Waals surface area contributed by atoms with Crippen LogP contribution in [0.25, 0.3) is 0 Å². The van der Waals surface area contributed by atoms with Crippen LogP contribution >= 0.6 is 12.2 Å². The zero-order valence-electron chi connectivity index (χ0n) is 9.69. The number of carboxylic acids is 1. The fourth-order valence-electron chi connectivity index (χ4n) is 1.77. The van der Waals surface area contributed by atoms with E-state index >= 15 is 0 Å². The van der Waals surface area contributed by atoms with E-state index in [1.807, 2.05) is 24.3 Å². The molecule has 0 bridgehead atoms. The van der Waals surface area contributed by atoms with Crippen molar-refractivity contribution in [3.05, 3.63) is 46.0 Å². The number of rotatable bonds is 4. The van der Waals surface area contributed by atoms with Crippen LogP contribution in [0.3, 0.4) is 0 Å². The highest BCUT2D eigenvalue weighted by Crippen LogP contribution is 2.21. The van der Waals surface area contributed by atoms with Gasteiger partial charge in [-0.2, -0.15) is 0 Å². The molecular weight excluding hydrogens is 252 g/mol. The molecular formula is C12H12N2O3S. The number of benzene rings is 1. The Kier molecular flexibility index (Phi) is 3.47. The highest BCUT2D eigenvalue weighted by atomic mass is 32.1. The number of aromatic nitrogens is 2. The Balaban J connectivity index is 2.40. The van der Waals surface area contributed by atoms with Crippen LogP contribution in [0.5, 0.6) is 5.75 Å². The lowest BCUT2D eigenvalue weighted by molar-refractivity contribution is 0.0690. The van der Waals surface area contributed by atoms with E-state index in [2.05, 4.69) is 9.97 Å². The number of carboxylic acid groups (broad SMARTS) is 1. The summed E-state index contributed by atoms with van der Waals surface area (Å²) in [6.07, 6.45) is 0.415. The summed E-state index contributed by atoms with van der Waals surface area (Å²) in [5, 5.41) is 9.05. The van der Waals surface area contributed by atoms with Gasteiger partial charge in [0.25, 0.3) is 0 Å². The molecule has 5 nitrogen and oxygen atoms in total. The van der Waals surface area contributed by atoms with E-state index in [9.17, 15) is 4.79 Å². The lowest BCUT2D eigenvalue weighted by Crippen LogP contribution is -2.03. The monoisotopic (exact) mass is 264 g/mol. The van der Waals surface area contributed by atoms with Gasteiger partial charge in [-0.3, -0.25) is 0 Å². The highest BCUT2D eigenvalue weighted by Gasteiger charge is 2.14. The van der Waals surface area contributed by atoms with Crippen LogP contribution in [0.1, 0.15) is 21.7 Å². The molecule has 3 N–H and O–H groups in total. The molecule has 94 valence electrons. The molecule has 1 aromatic carbocycles. The van der Waals surface area contributed by atoms with E-state index in [1.54, 1.807) is 7.11 Å². The lowest BCUT2D eigenvalue weighted by atomic mass is 10.1. The number of nitrogens with one attached hydrogen (secondary N) is 2. The van der Waals surface area contributed by atoms with Gasteiger partial charge < -0.3 is 19.8 Å². The minimum atomic E-state index is -1.03. The first-order valence-electron chi connectivity index (χ1n) is 5.28. The predicted molar refractivity (Wildman–Crippen MR) is 68.7 cm³/mol. The van der Waals surface area contributed by atoms with Gasteiger partial charge in [-0.1, -0.05) is 18.2 Å². The third-order valence-corrected chi connectivity index (χ3v) is 2.78. The summed E-state index contributed by atoms with van der Waals surface area (Å²) in [4.78, 5) is 16.5. The molecule has 1 aromatic heterocycles. The van der Waals surface area contributed by atoms with Crippen molar-refractivity contribution in [1.29, 1.82) is 0 Å². The number of aromatic carboxylic acids is 1. The van der Waals surface area contributed by atoms with Gasteiger partial charge in [0, 0.05) is 12.0 Å². The van der Waals surface area contributed by atoms with Crippen LogP contribution in [0, 0.1) is 4.77 Å². The van der Waals surface area contributed by atoms with Crippen molar-refractivity contribution in [1.82, 2.24) is 9.97 Å². The van der Waals surface area contributed by atoms with Gasteiger partial charge >= 0.3 is 5.97 Å². The van der Waals surface area contributed by atoms with Gasteiger partial charge in [-0.25, -0.2) is 4.79 Å². The molecule has 0 radical (unpaired) electrons. The number of para-hydroxylation sites is 1. The van der Waals surface area contributed by atoms with Crippen molar-refractivity contribution in [2.24, 2.45) is 0 Å². The molecule has 0 aliphatic carbocycles. The molecule has 0 unspecified atom stereocenters. The second-order valence-corrected chi connectivity index (χ2v) is 4.13. The molecule has 0 aliphatic rings. The quantitative estimate of drug-likeness (QED) is 0.741. The number of carbonyl (C=O) groups is 1. The number of aromatic amines is 2. The van der Waals surface area contributed by atoms with Crippen LogP contribution in [0.2, 0.25) is 0 Å². The van der Waals surface area contributed by atoms with Crippen LogP contribution in [0.4, 0.5) is 0 Å². The van der Waals surface area contributed by atoms with Crippen molar-refractivity contribution >= 4 is 18.2 Å². The van der Waals surface area contributed by atoms with Gasteiger partial charge in [-0.15, -0.1) is 0 Å². The van der Waals surface area contributed by atoms with Gasteiger partial charge in [0.15, 0.2) is 4.77 Å². The Labute approximate surface area is 108 Å². The maximum atomic E-state index is 11.1. The maximum absolute atomic E-state index is 11.1. The second kappa shape index (κ2) is 5.05. The van der Waals surface area contributed by atoms with Crippen molar-refractivity contribution in [2.75, 3.05) is 7.11 Å². The van der Waals surface area contributed by atoms with E-state index in [-0.39, 0.29) is 5.69 Å². The molecule has 0 spiro atoms. The van der Waals surface area contributed by atoms with Gasteiger partial charge in [0.05, 0.1) is 12.8 Å². The third kappa shape index (κ3) is 2.43. The summed E-state index contributed by atoms with van der Waals surface area (Å²) in [6, 6.07) is 7.45. The zero-order valence-corrected chi connectivity index (χ0v) is 10.5. The molecule has 6 heteroatoms. The number of ether oxygens (including phenoxy) is 1. The summed E-state index contributed by atoms with van der Waals surface area (Å²) < 4.78 is 5.53. The van der Waals surface area contributed by atoms with Gasteiger partial charge in [0.1, 0.15) is 11.4 Å². The first-order valence-corrected chi connectivity index (χ1v) is 5.69. The fourth-order valence-corrected chi connectivity index (χ4v) is 2.00. The molecule has 2 rings (SSSR count). The van der Waals surface area contributed by atoms with E-state index in [4.69, 9.17) is 22.1 Å². The van der Waals surface area contributed by atoms with Crippen molar-refractivity contribution in [2.45, 2.75) is 6.42 Å². The van der Waals surface area contributed by atoms with Crippen molar-refractivity contribution in [3.8, 4) is 5.75 Å². The Morgan fingerprint density at radius 1 is 1.39 bits per heavy atom. The molecule has 0 saturated heterocycles. The highest BCUT2D eigenvalue weighted by molar-refractivity contribution is 7.71. The molecule has 0 aliphatic heterocycles. The molecule has 0 atom stereocenters. The average molecular weight is 264 g/mol. The predicted octanol–water partition coefficient (Wildman–Crippen LogP) is 2.37. The Morgan fingerprint density at radius 2 is 2.11 bits per heavy atom. The molecule has 2 aromatic rings.